The number of aryl methyl sites for hydroxylation is 1. The smallest absolute Gasteiger partial charge is 0.256 e. The number of hydrogen-bond donors (Lipinski definition) is 2. The van der Waals surface area contributed by atoms with Crippen molar-refractivity contribution in [3.05, 3.63) is 29.6 Å². The van der Waals surface area contributed by atoms with Crippen molar-refractivity contribution in [2.45, 2.75) is 32.4 Å². The third-order valence-electron chi connectivity index (χ3n) is 3.37. The zero-order valence-electron chi connectivity index (χ0n) is 11.8. The number of carbonyl (C=O) groups excluding carboxylic acids is 2. The Kier molecular flexibility index (Phi) is 4.34. The summed E-state index contributed by atoms with van der Waals surface area (Å²) >= 11 is 0. The molecule has 0 spiro atoms. The molecule has 1 aliphatic heterocycles. The van der Waals surface area contributed by atoms with E-state index in [2.05, 4.69) is 10.3 Å². The molecule has 2 heterocycles. The van der Waals surface area contributed by atoms with Gasteiger partial charge < -0.3 is 16.0 Å². The number of likely N-dealkylation sites (tertiary alicyclic amines) is 1. The van der Waals surface area contributed by atoms with Crippen LogP contribution in [0.1, 0.15) is 29.3 Å². The lowest BCUT2D eigenvalue weighted by atomic mass is 10.1. The summed E-state index contributed by atoms with van der Waals surface area (Å²) in [6.07, 6.45) is 3.71. The van der Waals surface area contributed by atoms with Crippen LogP contribution in [-0.4, -0.2) is 46.9 Å². The Morgan fingerprint density at radius 3 is 2.90 bits per heavy atom. The normalized spacial score (nSPS) is 21.9. The van der Waals surface area contributed by atoms with Gasteiger partial charge in [-0.15, -0.1) is 0 Å². The summed E-state index contributed by atoms with van der Waals surface area (Å²) in [4.78, 5) is 30.1. The Morgan fingerprint density at radius 2 is 2.25 bits per heavy atom. The summed E-state index contributed by atoms with van der Waals surface area (Å²) in [5.74, 6) is -0.334. The number of likely N-dealkylation sites (N-methyl/N-ethyl adjacent to an activating group) is 1. The van der Waals surface area contributed by atoms with E-state index in [1.54, 1.807) is 17.2 Å². The number of aromatic nitrogens is 1. The summed E-state index contributed by atoms with van der Waals surface area (Å²) in [6.45, 7) is 4.66. The van der Waals surface area contributed by atoms with E-state index < -0.39 is 6.04 Å². The summed E-state index contributed by atoms with van der Waals surface area (Å²) in [5, 5.41) is 2.75. The second-order valence-electron chi connectivity index (χ2n) is 5.11. The van der Waals surface area contributed by atoms with Crippen LogP contribution in [0, 0.1) is 6.92 Å². The zero-order valence-corrected chi connectivity index (χ0v) is 11.8. The minimum atomic E-state index is -0.488. The standard InChI is InChI=1S/C14H20N4O2/c1-3-17-13(19)12-5-11(15)8-18(12)14(20)10-4-9(2)6-16-7-10/h4,6-7,11-12H,3,5,8,15H2,1-2H3,(H,17,19)/t11-,12+/m1/s1. The van der Waals surface area contributed by atoms with E-state index in [-0.39, 0.29) is 17.9 Å². The molecule has 2 atom stereocenters. The van der Waals surface area contributed by atoms with Crippen LogP contribution in [-0.2, 0) is 4.79 Å². The minimum absolute atomic E-state index is 0.144. The number of rotatable bonds is 3. The van der Waals surface area contributed by atoms with Gasteiger partial charge in [-0.05, 0) is 31.9 Å². The number of nitrogens with one attached hydrogen (secondary N) is 1. The molecule has 0 aromatic carbocycles. The highest BCUT2D eigenvalue weighted by atomic mass is 16.2. The molecule has 1 fully saturated rings. The molecule has 0 unspecified atom stereocenters. The number of carbonyl (C=O) groups is 2. The van der Waals surface area contributed by atoms with Gasteiger partial charge in [0.2, 0.25) is 5.91 Å². The Labute approximate surface area is 118 Å². The number of hydrogen-bond acceptors (Lipinski definition) is 4. The fourth-order valence-corrected chi connectivity index (χ4v) is 2.47. The highest BCUT2D eigenvalue weighted by Crippen LogP contribution is 2.20. The molecule has 6 nitrogen and oxygen atoms in total. The second kappa shape index (κ2) is 6.00. The first kappa shape index (κ1) is 14.5. The van der Waals surface area contributed by atoms with Crippen molar-refractivity contribution >= 4 is 11.8 Å². The fourth-order valence-electron chi connectivity index (χ4n) is 2.47. The second-order valence-corrected chi connectivity index (χ2v) is 5.11. The molecular formula is C14H20N4O2. The van der Waals surface area contributed by atoms with E-state index in [4.69, 9.17) is 5.73 Å². The largest absolute Gasteiger partial charge is 0.355 e. The fraction of sp³-hybridized carbons (Fsp3) is 0.500. The number of pyridine rings is 1. The molecule has 1 aromatic heterocycles. The third kappa shape index (κ3) is 2.96. The van der Waals surface area contributed by atoms with E-state index in [0.717, 1.165) is 5.56 Å². The van der Waals surface area contributed by atoms with Gasteiger partial charge in [-0.2, -0.15) is 0 Å². The van der Waals surface area contributed by atoms with Crippen LogP contribution in [0.3, 0.4) is 0 Å². The van der Waals surface area contributed by atoms with Crippen molar-refractivity contribution < 1.29 is 9.59 Å². The molecule has 0 aliphatic carbocycles. The van der Waals surface area contributed by atoms with E-state index in [1.807, 2.05) is 13.8 Å². The van der Waals surface area contributed by atoms with Crippen molar-refractivity contribution in [3.8, 4) is 0 Å². The maximum Gasteiger partial charge on any atom is 0.256 e. The first-order valence-electron chi connectivity index (χ1n) is 6.78. The van der Waals surface area contributed by atoms with Gasteiger partial charge in [0.1, 0.15) is 6.04 Å². The molecule has 1 aliphatic rings. The van der Waals surface area contributed by atoms with Crippen LogP contribution >= 0.6 is 0 Å². The van der Waals surface area contributed by atoms with Gasteiger partial charge >= 0.3 is 0 Å². The molecule has 6 heteroatoms. The van der Waals surface area contributed by atoms with E-state index >= 15 is 0 Å². The number of nitrogens with two attached hydrogens (primary N) is 1. The molecule has 0 bridgehead atoms. The average molecular weight is 276 g/mol. The van der Waals surface area contributed by atoms with Crippen molar-refractivity contribution in [2.24, 2.45) is 5.73 Å². The lowest BCUT2D eigenvalue weighted by Gasteiger charge is -2.23. The topological polar surface area (TPSA) is 88.3 Å². The molecule has 2 amide bonds. The van der Waals surface area contributed by atoms with Crippen molar-refractivity contribution in [2.75, 3.05) is 13.1 Å². The van der Waals surface area contributed by atoms with E-state index in [9.17, 15) is 9.59 Å². The van der Waals surface area contributed by atoms with Gasteiger partial charge in [-0.25, -0.2) is 0 Å². The van der Waals surface area contributed by atoms with Crippen molar-refractivity contribution in [1.82, 2.24) is 15.2 Å². The number of amides is 2. The summed E-state index contributed by atoms with van der Waals surface area (Å²) in [6, 6.07) is 1.12. The monoisotopic (exact) mass is 276 g/mol. The molecule has 1 saturated heterocycles. The Balaban J connectivity index is 2.20. The van der Waals surface area contributed by atoms with Crippen LogP contribution in [0.15, 0.2) is 18.5 Å². The third-order valence-corrected chi connectivity index (χ3v) is 3.37. The summed E-state index contributed by atoms with van der Waals surface area (Å²) in [7, 11) is 0. The van der Waals surface area contributed by atoms with Crippen LogP contribution in [0.25, 0.3) is 0 Å². The van der Waals surface area contributed by atoms with Gasteiger partial charge in [0.25, 0.3) is 5.91 Å². The Hall–Kier alpha value is -1.95. The summed E-state index contributed by atoms with van der Waals surface area (Å²) < 4.78 is 0. The van der Waals surface area contributed by atoms with Crippen LogP contribution < -0.4 is 11.1 Å². The van der Waals surface area contributed by atoms with E-state index in [1.165, 1.54) is 6.20 Å². The molecule has 1 aromatic rings. The highest BCUT2D eigenvalue weighted by Gasteiger charge is 2.38. The molecule has 0 radical (unpaired) electrons. The molecule has 0 saturated carbocycles. The van der Waals surface area contributed by atoms with Gasteiger partial charge in [0.05, 0.1) is 5.56 Å². The van der Waals surface area contributed by atoms with Gasteiger partial charge in [0.15, 0.2) is 0 Å². The van der Waals surface area contributed by atoms with Gasteiger partial charge in [0, 0.05) is 31.5 Å². The van der Waals surface area contributed by atoms with Crippen LogP contribution in [0.2, 0.25) is 0 Å². The SMILES string of the molecule is CCNC(=O)[C@@H]1C[C@@H](N)CN1C(=O)c1cncc(C)c1. The van der Waals surface area contributed by atoms with Crippen LogP contribution in [0.4, 0.5) is 0 Å². The predicted octanol–water partition coefficient (Wildman–Crippen LogP) is 0.0679. The molecular weight excluding hydrogens is 256 g/mol. The quantitative estimate of drug-likeness (QED) is 0.817. The lowest BCUT2D eigenvalue weighted by molar-refractivity contribution is -0.124. The Morgan fingerprint density at radius 1 is 1.50 bits per heavy atom. The maximum atomic E-state index is 12.5. The van der Waals surface area contributed by atoms with Crippen LogP contribution in [0.5, 0.6) is 0 Å². The first-order valence-corrected chi connectivity index (χ1v) is 6.78. The van der Waals surface area contributed by atoms with Crippen molar-refractivity contribution in [3.63, 3.8) is 0 Å². The summed E-state index contributed by atoms with van der Waals surface area (Å²) in [5.41, 5.74) is 7.31. The average Bonchev–Trinajstić information content (AvgIpc) is 2.80. The molecule has 108 valence electrons. The van der Waals surface area contributed by atoms with E-state index in [0.29, 0.717) is 25.1 Å². The van der Waals surface area contributed by atoms with Gasteiger partial charge in [-0.3, -0.25) is 14.6 Å². The lowest BCUT2D eigenvalue weighted by Crippen LogP contribution is -2.46. The zero-order chi connectivity index (χ0) is 14.7. The molecule has 3 N–H and O–H groups in total. The minimum Gasteiger partial charge on any atom is -0.355 e. The Bertz CT molecular complexity index is 518. The highest BCUT2D eigenvalue weighted by molar-refractivity contribution is 5.98. The van der Waals surface area contributed by atoms with Gasteiger partial charge in [-0.1, -0.05) is 0 Å². The molecule has 2 rings (SSSR count). The first-order chi connectivity index (χ1) is 9.52. The predicted molar refractivity (Wildman–Crippen MR) is 75.1 cm³/mol. The maximum absolute atomic E-state index is 12.5. The molecule has 20 heavy (non-hydrogen) atoms. The number of nitrogens with zero attached hydrogens (tertiary/aromatic N) is 2. The van der Waals surface area contributed by atoms with Crippen molar-refractivity contribution in [1.29, 1.82) is 0 Å².